The minimum absolute atomic E-state index is 0.0428. The lowest BCUT2D eigenvalue weighted by molar-refractivity contribution is -0.122. The molecule has 3 rings (SSSR count). The van der Waals surface area contributed by atoms with Gasteiger partial charge in [-0.2, -0.15) is 0 Å². The molecule has 0 atom stereocenters. The molecule has 0 saturated carbocycles. The van der Waals surface area contributed by atoms with Gasteiger partial charge in [-0.3, -0.25) is 14.5 Å². The minimum Gasteiger partial charge on any atom is -0.507 e. The highest BCUT2D eigenvalue weighted by Crippen LogP contribution is 2.32. The fraction of sp³-hybridized carbons (Fsp3) is 0.100. The van der Waals surface area contributed by atoms with Gasteiger partial charge in [0.1, 0.15) is 21.5 Å². The number of phenols is 1. The number of halogens is 1. The van der Waals surface area contributed by atoms with Crippen LogP contribution in [0.5, 0.6) is 5.75 Å². The number of anilines is 1. The Hall–Kier alpha value is -3.24. The van der Waals surface area contributed by atoms with Gasteiger partial charge in [0.2, 0.25) is 5.91 Å². The van der Waals surface area contributed by atoms with E-state index < -0.39 is 17.6 Å². The number of thiocarbonyl (C=S) groups is 1. The zero-order valence-electron chi connectivity index (χ0n) is 15.3. The SMILES string of the molecule is O=C(CCN1C(=O)/C(=C\c2ccc(F)cc2)SC1=S)Nc1ccc(O)c(C(=O)O)c1. The summed E-state index contributed by atoms with van der Waals surface area (Å²) in [7, 11) is 0. The molecule has 0 unspecified atom stereocenters. The number of carbonyl (C=O) groups excluding carboxylic acids is 2. The molecule has 1 heterocycles. The van der Waals surface area contributed by atoms with E-state index in [-0.39, 0.29) is 35.9 Å². The quantitative estimate of drug-likeness (QED) is 0.354. The number of hydrogen-bond acceptors (Lipinski definition) is 6. The fourth-order valence-electron chi connectivity index (χ4n) is 2.63. The summed E-state index contributed by atoms with van der Waals surface area (Å²) in [6.45, 7) is 0.0428. The standard InChI is InChI=1S/C20H15FN2O5S2/c21-12-3-1-11(2-4-12)9-16-18(26)23(20(29)30-16)8-7-17(25)22-13-5-6-15(24)14(10-13)19(27)28/h1-6,9-10,24H,7-8H2,(H,22,25)(H,27,28)/b16-9+. The fourth-order valence-corrected chi connectivity index (χ4v) is 3.93. The maximum Gasteiger partial charge on any atom is 0.339 e. The van der Waals surface area contributed by atoms with Crippen molar-refractivity contribution in [2.45, 2.75) is 6.42 Å². The minimum atomic E-state index is -1.32. The molecule has 0 bridgehead atoms. The number of aromatic hydroxyl groups is 1. The Morgan fingerprint density at radius 2 is 1.90 bits per heavy atom. The van der Waals surface area contributed by atoms with Gasteiger partial charge in [0.25, 0.3) is 5.91 Å². The van der Waals surface area contributed by atoms with E-state index in [4.69, 9.17) is 17.3 Å². The van der Waals surface area contributed by atoms with Crippen molar-refractivity contribution in [3.05, 3.63) is 64.3 Å². The number of amides is 2. The summed E-state index contributed by atoms with van der Waals surface area (Å²) in [6.07, 6.45) is 1.53. The van der Waals surface area contributed by atoms with Gasteiger partial charge in [0, 0.05) is 18.7 Å². The molecule has 1 aliphatic heterocycles. The number of carboxylic acid groups (broad SMARTS) is 1. The lowest BCUT2D eigenvalue weighted by atomic mass is 10.1. The first-order valence-electron chi connectivity index (χ1n) is 8.61. The first-order valence-corrected chi connectivity index (χ1v) is 9.84. The first-order chi connectivity index (χ1) is 14.2. The Kier molecular flexibility index (Phi) is 6.48. The highest BCUT2D eigenvalue weighted by atomic mass is 32.2. The van der Waals surface area contributed by atoms with Gasteiger partial charge in [0.05, 0.1) is 4.91 Å². The van der Waals surface area contributed by atoms with Crippen molar-refractivity contribution in [3.8, 4) is 5.75 Å². The first kappa shape index (κ1) is 21.5. The van der Waals surface area contributed by atoms with Crippen LogP contribution in [0.25, 0.3) is 6.08 Å². The summed E-state index contributed by atoms with van der Waals surface area (Å²) in [5.74, 6) is -2.91. The Labute approximate surface area is 180 Å². The average molecular weight is 446 g/mol. The lowest BCUT2D eigenvalue weighted by Crippen LogP contribution is -2.31. The third kappa shape index (κ3) is 5.02. The van der Waals surface area contributed by atoms with Crippen LogP contribution in [0.1, 0.15) is 22.3 Å². The summed E-state index contributed by atoms with van der Waals surface area (Å²) in [5.41, 5.74) is 0.517. The number of aromatic carboxylic acids is 1. The van der Waals surface area contributed by atoms with Crippen molar-refractivity contribution in [3.63, 3.8) is 0 Å². The number of carbonyl (C=O) groups is 3. The Morgan fingerprint density at radius 1 is 1.20 bits per heavy atom. The molecule has 2 aromatic rings. The van der Waals surface area contributed by atoms with E-state index in [1.54, 1.807) is 18.2 Å². The average Bonchev–Trinajstić information content (AvgIpc) is 2.96. The Bertz CT molecular complexity index is 1070. The van der Waals surface area contributed by atoms with E-state index in [2.05, 4.69) is 5.32 Å². The van der Waals surface area contributed by atoms with Gasteiger partial charge in [-0.25, -0.2) is 9.18 Å². The van der Waals surface area contributed by atoms with Crippen LogP contribution in [0, 0.1) is 5.82 Å². The molecule has 154 valence electrons. The molecule has 1 aliphatic rings. The highest BCUT2D eigenvalue weighted by molar-refractivity contribution is 8.26. The maximum atomic E-state index is 13.0. The Morgan fingerprint density at radius 3 is 2.57 bits per heavy atom. The molecule has 0 spiro atoms. The van der Waals surface area contributed by atoms with Crippen molar-refractivity contribution in [1.82, 2.24) is 4.90 Å². The molecular weight excluding hydrogens is 431 g/mol. The van der Waals surface area contributed by atoms with Crippen LogP contribution in [-0.4, -0.2) is 43.8 Å². The van der Waals surface area contributed by atoms with E-state index in [1.165, 1.54) is 29.2 Å². The molecule has 1 fully saturated rings. The molecule has 0 radical (unpaired) electrons. The molecule has 3 N–H and O–H groups in total. The topological polar surface area (TPSA) is 107 Å². The molecule has 2 aromatic carbocycles. The summed E-state index contributed by atoms with van der Waals surface area (Å²) >= 11 is 6.31. The highest BCUT2D eigenvalue weighted by Gasteiger charge is 2.32. The van der Waals surface area contributed by atoms with Crippen LogP contribution >= 0.6 is 24.0 Å². The summed E-state index contributed by atoms with van der Waals surface area (Å²) in [6, 6.07) is 9.33. The van der Waals surface area contributed by atoms with Crippen LogP contribution in [0.2, 0.25) is 0 Å². The zero-order chi connectivity index (χ0) is 21.8. The van der Waals surface area contributed by atoms with Crippen LogP contribution in [-0.2, 0) is 9.59 Å². The number of nitrogens with one attached hydrogen (secondary N) is 1. The second-order valence-electron chi connectivity index (χ2n) is 6.22. The largest absolute Gasteiger partial charge is 0.507 e. The van der Waals surface area contributed by atoms with E-state index in [0.29, 0.717) is 14.8 Å². The molecule has 0 aromatic heterocycles. The number of thioether (sulfide) groups is 1. The maximum absolute atomic E-state index is 13.0. The zero-order valence-corrected chi connectivity index (χ0v) is 16.9. The smallest absolute Gasteiger partial charge is 0.339 e. The summed E-state index contributed by atoms with van der Waals surface area (Å²) in [4.78, 5) is 37.5. The van der Waals surface area contributed by atoms with E-state index in [0.717, 1.165) is 17.8 Å². The van der Waals surface area contributed by atoms with Crippen molar-refractivity contribution in [2.75, 3.05) is 11.9 Å². The van der Waals surface area contributed by atoms with Gasteiger partial charge in [-0.1, -0.05) is 36.1 Å². The molecular formula is C20H15FN2O5S2. The van der Waals surface area contributed by atoms with Gasteiger partial charge in [-0.15, -0.1) is 0 Å². The number of benzene rings is 2. The molecule has 7 nitrogen and oxygen atoms in total. The number of nitrogens with zero attached hydrogens (tertiary/aromatic N) is 1. The van der Waals surface area contributed by atoms with Crippen LogP contribution in [0.15, 0.2) is 47.4 Å². The number of carboxylic acids is 1. The van der Waals surface area contributed by atoms with Gasteiger partial charge < -0.3 is 15.5 Å². The van der Waals surface area contributed by atoms with Crippen molar-refractivity contribution >= 4 is 57.8 Å². The predicted octanol–water partition coefficient (Wildman–Crippen LogP) is 3.46. The van der Waals surface area contributed by atoms with E-state index in [1.807, 2.05) is 0 Å². The van der Waals surface area contributed by atoms with Gasteiger partial charge in [-0.05, 0) is 42.0 Å². The third-order valence-electron chi connectivity index (χ3n) is 4.11. The second-order valence-corrected chi connectivity index (χ2v) is 7.90. The molecule has 2 amide bonds. The second kappa shape index (κ2) is 9.06. The molecule has 1 saturated heterocycles. The predicted molar refractivity (Wildman–Crippen MR) is 115 cm³/mol. The third-order valence-corrected chi connectivity index (χ3v) is 5.49. The molecule has 10 heteroatoms. The van der Waals surface area contributed by atoms with E-state index >= 15 is 0 Å². The Balaban J connectivity index is 1.61. The van der Waals surface area contributed by atoms with Crippen molar-refractivity contribution < 1.29 is 29.0 Å². The van der Waals surface area contributed by atoms with Crippen molar-refractivity contribution in [2.24, 2.45) is 0 Å². The normalized spacial score (nSPS) is 15.0. The molecule has 30 heavy (non-hydrogen) atoms. The number of rotatable bonds is 6. The van der Waals surface area contributed by atoms with Crippen LogP contribution in [0.4, 0.5) is 10.1 Å². The monoisotopic (exact) mass is 446 g/mol. The van der Waals surface area contributed by atoms with E-state index in [9.17, 15) is 23.9 Å². The number of hydrogen-bond donors (Lipinski definition) is 3. The molecule has 0 aliphatic carbocycles. The summed E-state index contributed by atoms with van der Waals surface area (Å²) in [5, 5.41) is 21.0. The lowest BCUT2D eigenvalue weighted by Gasteiger charge is -2.14. The van der Waals surface area contributed by atoms with Gasteiger partial charge >= 0.3 is 5.97 Å². The van der Waals surface area contributed by atoms with Gasteiger partial charge in [0.15, 0.2) is 0 Å². The summed E-state index contributed by atoms with van der Waals surface area (Å²) < 4.78 is 13.3. The van der Waals surface area contributed by atoms with Crippen LogP contribution in [0.3, 0.4) is 0 Å². The van der Waals surface area contributed by atoms with Crippen LogP contribution < -0.4 is 5.32 Å². The van der Waals surface area contributed by atoms with Crippen molar-refractivity contribution in [1.29, 1.82) is 0 Å².